The lowest BCUT2D eigenvalue weighted by Gasteiger charge is -2.27. The van der Waals surface area contributed by atoms with Gasteiger partial charge in [-0.2, -0.15) is 0 Å². The molecular weight excluding hydrogens is 210 g/mol. The summed E-state index contributed by atoms with van der Waals surface area (Å²) in [6.45, 7) is 8.77. The Bertz CT molecular complexity index is 256. The van der Waals surface area contributed by atoms with Crippen LogP contribution in [0.3, 0.4) is 0 Å². The second-order valence-electron chi connectivity index (χ2n) is 5.97. The standard InChI is InChI=1S/C14H27N3/c1-2-16-8-3-5-12(16)11-15-13-7-10-17-9-4-6-14(13)17/h12-15H,2-11H2,1H3. The van der Waals surface area contributed by atoms with Crippen LogP contribution in [0.5, 0.6) is 0 Å². The largest absolute Gasteiger partial charge is 0.311 e. The molecule has 0 amide bonds. The molecule has 17 heavy (non-hydrogen) atoms. The van der Waals surface area contributed by atoms with E-state index in [-0.39, 0.29) is 0 Å². The summed E-state index contributed by atoms with van der Waals surface area (Å²) in [6.07, 6.45) is 7.04. The summed E-state index contributed by atoms with van der Waals surface area (Å²) in [5.41, 5.74) is 0. The van der Waals surface area contributed by atoms with Crippen molar-refractivity contribution in [3.05, 3.63) is 0 Å². The van der Waals surface area contributed by atoms with Crippen molar-refractivity contribution in [2.24, 2.45) is 0 Å². The zero-order valence-electron chi connectivity index (χ0n) is 11.2. The minimum atomic E-state index is 0.789. The third-order valence-corrected chi connectivity index (χ3v) is 5.13. The van der Waals surface area contributed by atoms with E-state index in [2.05, 4.69) is 22.0 Å². The first kappa shape index (κ1) is 11.9. The first-order chi connectivity index (χ1) is 8.38. The van der Waals surface area contributed by atoms with Crippen molar-refractivity contribution < 1.29 is 0 Å². The molecular formula is C14H27N3. The maximum Gasteiger partial charge on any atom is 0.0250 e. The Labute approximate surface area is 106 Å². The van der Waals surface area contributed by atoms with E-state index in [1.54, 1.807) is 0 Å². The van der Waals surface area contributed by atoms with E-state index in [9.17, 15) is 0 Å². The predicted octanol–water partition coefficient (Wildman–Crippen LogP) is 1.30. The number of hydrogen-bond donors (Lipinski definition) is 1. The molecule has 3 rings (SSSR count). The Morgan fingerprint density at radius 2 is 1.94 bits per heavy atom. The van der Waals surface area contributed by atoms with Crippen molar-refractivity contribution in [3.8, 4) is 0 Å². The Balaban J connectivity index is 1.48. The fraction of sp³-hybridized carbons (Fsp3) is 1.00. The topological polar surface area (TPSA) is 18.5 Å². The molecule has 0 saturated carbocycles. The van der Waals surface area contributed by atoms with Crippen LogP contribution in [0, 0.1) is 0 Å². The number of likely N-dealkylation sites (N-methyl/N-ethyl adjacent to an activating group) is 1. The number of nitrogens with one attached hydrogen (secondary N) is 1. The van der Waals surface area contributed by atoms with Crippen LogP contribution in [-0.4, -0.2) is 60.6 Å². The molecule has 1 N–H and O–H groups in total. The number of rotatable bonds is 4. The van der Waals surface area contributed by atoms with Crippen molar-refractivity contribution >= 4 is 0 Å². The van der Waals surface area contributed by atoms with E-state index in [0.29, 0.717) is 0 Å². The molecule has 0 spiro atoms. The highest BCUT2D eigenvalue weighted by Gasteiger charge is 2.37. The van der Waals surface area contributed by atoms with Gasteiger partial charge in [-0.3, -0.25) is 9.80 Å². The molecule has 3 atom stereocenters. The fourth-order valence-electron chi connectivity index (χ4n) is 4.15. The second-order valence-corrected chi connectivity index (χ2v) is 5.97. The highest BCUT2D eigenvalue weighted by atomic mass is 15.3. The van der Waals surface area contributed by atoms with Gasteiger partial charge in [0.05, 0.1) is 0 Å². The smallest absolute Gasteiger partial charge is 0.0250 e. The van der Waals surface area contributed by atoms with Crippen molar-refractivity contribution in [2.45, 2.75) is 57.2 Å². The maximum absolute atomic E-state index is 3.88. The molecule has 0 aromatic heterocycles. The van der Waals surface area contributed by atoms with Gasteiger partial charge in [-0.1, -0.05) is 6.92 Å². The van der Waals surface area contributed by atoms with E-state index < -0.39 is 0 Å². The van der Waals surface area contributed by atoms with Gasteiger partial charge in [0, 0.05) is 31.2 Å². The Morgan fingerprint density at radius 1 is 1.06 bits per heavy atom. The van der Waals surface area contributed by atoms with Crippen molar-refractivity contribution in [3.63, 3.8) is 0 Å². The molecule has 0 radical (unpaired) electrons. The molecule has 3 fully saturated rings. The van der Waals surface area contributed by atoms with Crippen molar-refractivity contribution in [1.29, 1.82) is 0 Å². The van der Waals surface area contributed by atoms with E-state index in [0.717, 1.165) is 18.1 Å². The van der Waals surface area contributed by atoms with Crippen LogP contribution < -0.4 is 5.32 Å². The Morgan fingerprint density at radius 3 is 2.82 bits per heavy atom. The Kier molecular flexibility index (Phi) is 3.69. The van der Waals surface area contributed by atoms with Crippen LogP contribution in [0.25, 0.3) is 0 Å². The fourth-order valence-corrected chi connectivity index (χ4v) is 4.15. The van der Waals surface area contributed by atoms with Gasteiger partial charge in [0.15, 0.2) is 0 Å². The molecule has 3 saturated heterocycles. The van der Waals surface area contributed by atoms with Gasteiger partial charge in [0.25, 0.3) is 0 Å². The van der Waals surface area contributed by atoms with Crippen molar-refractivity contribution in [2.75, 3.05) is 32.7 Å². The monoisotopic (exact) mass is 237 g/mol. The van der Waals surface area contributed by atoms with Crippen LogP contribution in [0.2, 0.25) is 0 Å². The molecule has 3 heteroatoms. The predicted molar refractivity (Wildman–Crippen MR) is 71.3 cm³/mol. The number of hydrogen-bond acceptors (Lipinski definition) is 3. The highest BCUT2D eigenvalue weighted by molar-refractivity contribution is 4.96. The van der Waals surface area contributed by atoms with Gasteiger partial charge in [0.1, 0.15) is 0 Å². The SMILES string of the molecule is CCN1CCCC1CNC1CCN2CCCC12. The van der Waals surface area contributed by atoms with Gasteiger partial charge >= 0.3 is 0 Å². The van der Waals surface area contributed by atoms with Gasteiger partial charge in [-0.05, 0) is 51.7 Å². The molecule has 0 aromatic carbocycles. The Hall–Kier alpha value is -0.120. The van der Waals surface area contributed by atoms with Crippen LogP contribution in [0.4, 0.5) is 0 Å². The zero-order chi connectivity index (χ0) is 11.7. The van der Waals surface area contributed by atoms with E-state index in [1.807, 2.05) is 0 Å². The summed E-state index contributed by atoms with van der Waals surface area (Å²) in [5.74, 6) is 0. The third kappa shape index (κ3) is 2.38. The molecule has 3 nitrogen and oxygen atoms in total. The maximum atomic E-state index is 3.88. The van der Waals surface area contributed by atoms with Crippen LogP contribution >= 0.6 is 0 Å². The van der Waals surface area contributed by atoms with Crippen LogP contribution in [-0.2, 0) is 0 Å². The lowest BCUT2D eigenvalue weighted by atomic mass is 10.1. The van der Waals surface area contributed by atoms with Crippen LogP contribution in [0.15, 0.2) is 0 Å². The first-order valence-electron chi connectivity index (χ1n) is 7.60. The third-order valence-electron chi connectivity index (χ3n) is 5.13. The molecule has 3 unspecified atom stereocenters. The molecule has 3 aliphatic rings. The molecule has 98 valence electrons. The summed E-state index contributed by atoms with van der Waals surface area (Å²) in [5, 5.41) is 3.88. The van der Waals surface area contributed by atoms with Gasteiger partial charge in [0.2, 0.25) is 0 Å². The number of likely N-dealkylation sites (tertiary alicyclic amines) is 1. The van der Waals surface area contributed by atoms with Crippen LogP contribution in [0.1, 0.15) is 39.0 Å². The molecule has 0 aliphatic carbocycles. The molecule has 0 aromatic rings. The lowest BCUT2D eigenvalue weighted by Crippen LogP contribution is -2.45. The van der Waals surface area contributed by atoms with Gasteiger partial charge in [-0.25, -0.2) is 0 Å². The van der Waals surface area contributed by atoms with Gasteiger partial charge < -0.3 is 5.32 Å². The summed E-state index contributed by atoms with van der Waals surface area (Å²) < 4.78 is 0. The minimum absolute atomic E-state index is 0.789. The number of nitrogens with zero attached hydrogens (tertiary/aromatic N) is 2. The van der Waals surface area contributed by atoms with E-state index in [4.69, 9.17) is 0 Å². The molecule has 3 aliphatic heterocycles. The van der Waals surface area contributed by atoms with E-state index in [1.165, 1.54) is 64.8 Å². The summed E-state index contributed by atoms with van der Waals surface area (Å²) >= 11 is 0. The molecule has 0 bridgehead atoms. The van der Waals surface area contributed by atoms with E-state index >= 15 is 0 Å². The summed E-state index contributed by atoms with van der Waals surface area (Å²) in [7, 11) is 0. The average Bonchev–Trinajstić information content (AvgIpc) is 3.03. The van der Waals surface area contributed by atoms with Gasteiger partial charge in [-0.15, -0.1) is 0 Å². The first-order valence-corrected chi connectivity index (χ1v) is 7.60. The van der Waals surface area contributed by atoms with Crippen molar-refractivity contribution in [1.82, 2.24) is 15.1 Å². The lowest BCUT2D eigenvalue weighted by molar-refractivity contribution is 0.242. The average molecular weight is 237 g/mol. The normalized spacial score (nSPS) is 39.0. The zero-order valence-corrected chi connectivity index (χ0v) is 11.2. The second kappa shape index (κ2) is 5.25. The minimum Gasteiger partial charge on any atom is -0.311 e. The molecule has 3 heterocycles. The number of fused-ring (bicyclic) bond motifs is 1. The highest BCUT2D eigenvalue weighted by Crippen LogP contribution is 2.28. The summed E-state index contributed by atoms with van der Waals surface area (Å²) in [4.78, 5) is 5.35. The quantitative estimate of drug-likeness (QED) is 0.795. The summed E-state index contributed by atoms with van der Waals surface area (Å²) in [6, 6.07) is 2.47.